The van der Waals surface area contributed by atoms with E-state index in [2.05, 4.69) is 83.4 Å². The molecule has 0 fully saturated rings. The van der Waals surface area contributed by atoms with Gasteiger partial charge in [-0.3, -0.25) is 4.79 Å². The smallest absolute Gasteiger partial charge is 0.178 e. The van der Waals surface area contributed by atoms with Gasteiger partial charge < -0.3 is 4.57 Å². The van der Waals surface area contributed by atoms with Gasteiger partial charge in [-0.25, -0.2) is 9.97 Å². The Hall–Kier alpha value is -4.83. The summed E-state index contributed by atoms with van der Waals surface area (Å²) < 4.78 is 2.23. The van der Waals surface area contributed by atoms with Gasteiger partial charge in [0, 0.05) is 11.1 Å². The van der Waals surface area contributed by atoms with Crippen molar-refractivity contribution < 1.29 is 4.79 Å². The second kappa shape index (κ2) is 9.08. The number of hydrogen-bond acceptors (Lipinski definition) is 3. The van der Waals surface area contributed by atoms with Crippen LogP contribution in [0.3, 0.4) is 0 Å². The molecule has 6 aromatic rings. The molecule has 0 saturated heterocycles. The molecule has 4 aromatic carbocycles. The summed E-state index contributed by atoms with van der Waals surface area (Å²) in [6.07, 6.45) is 2.74. The van der Waals surface area contributed by atoms with E-state index in [1.54, 1.807) is 12.1 Å². The zero-order chi connectivity index (χ0) is 24.4. The van der Waals surface area contributed by atoms with Crippen molar-refractivity contribution in [3.63, 3.8) is 0 Å². The first-order valence-corrected chi connectivity index (χ1v) is 11.9. The van der Waals surface area contributed by atoms with Crippen LogP contribution < -0.4 is 0 Å². The van der Waals surface area contributed by atoms with E-state index in [4.69, 9.17) is 9.97 Å². The molecule has 6 rings (SSSR count). The number of nitrogens with zero attached hydrogens (tertiary/aromatic N) is 3. The SMILES string of the molecule is O=Cc1ccc(-c2ccc3c(ncn3C(c3ccccc3)(c3ccccc3)c3ccccc3)n2)cc1. The van der Waals surface area contributed by atoms with Crippen LogP contribution in [0, 0.1) is 0 Å². The summed E-state index contributed by atoms with van der Waals surface area (Å²) in [6.45, 7) is 0. The molecule has 0 atom stereocenters. The van der Waals surface area contributed by atoms with E-state index in [1.807, 2.05) is 42.7 Å². The number of carbonyl (C=O) groups excluding carboxylic acids is 1. The highest BCUT2D eigenvalue weighted by atomic mass is 16.1. The number of rotatable bonds is 6. The number of pyridine rings is 1. The lowest BCUT2D eigenvalue weighted by Gasteiger charge is -2.37. The standard InChI is InChI=1S/C32H23N3O/c36-22-24-16-18-25(19-17-24)29-20-21-30-31(34-29)33-23-35(30)32(26-10-4-1-5-11-26,27-12-6-2-7-13-27)28-14-8-3-9-15-28/h1-23H. The Balaban J connectivity index is 1.62. The maximum atomic E-state index is 11.0. The molecule has 0 saturated carbocycles. The number of benzene rings is 4. The van der Waals surface area contributed by atoms with Crippen LogP contribution in [0.4, 0.5) is 0 Å². The summed E-state index contributed by atoms with van der Waals surface area (Å²) in [6, 6.07) is 43.1. The van der Waals surface area contributed by atoms with E-state index in [1.165, 1.54) is 0 Å². The molecule has 0 N–H and O–H groups in total. The number of aldehydes is 1. The quantitative estimate of drug-likeness (QED) is 0.202. The van der Waals surface area contributed by atoms with Gasteiger partial charge in [-0.2, -0.15) is 0 Å². The molecular formula is C32H23N3O. The number of carbonyl (C=O) groups is 1. The lowest BCUT2D eigenvalue weighted by Crippen LogP contribution is -2.37. The maximum absolute atomic E-state index is 11.0. The van der Waals surface area contributed by atoms with Crippen molar-refractivity contribution in [2.75, 3.05) is 0 Å². The van der Waals surface area contributed by atoms with Crippen LogP contribution in [0.5, 0.6) is 0 Å². The summed E-state index contributed by atoms with van der Waals surface area (Å²) in [5.41, 5.74) is 6.75. The molecule has 0 unspecified atom stereocenters. The molecule has 0 aliphatic carbocycles. The highest BCUT2D eigenvalue weighted by Gasteiger charge is 2.39. The molecule has 0 aliphatic heterocycles. The van der Waals surface area contributed by atoms with Gasteiger partial charge in [-0.1, -0.05) is 115 Å². The van der Waals surface area contributed by atoms with E-state index < -0.39 is 5.54 Å². The van der Waals surface area contributed by atoms with E-state index in [0.29, 0.717) is 11.2 Å². The fraction of sp³-hybridized carbons (Fsp3) is 0.0312. The highest BCUT2D eigenvalue weighted by Crippen LogP contribution is 2.42. The van der Waals surface area contributed by atoms with Crippen LogP contribution in [0.25, 0.3) is 22.4 Å². The third-order valence-electron chi connectivity index (χ3n) is 6.69. The molecule has 0 spiro atoms. The Labute approximate surface area is 209 Å². The lowest BCUT2D eigenvalue weighted by molar-refractivity contribution is 0.112. The summed E-state index contributed by atoms with van der Waals surface area (Å²) >= 11 is 0. The molecule has 0 aliphatic rings. The van der Waals surface area contributed by atoms with Gasteiger partial charge in [0.1, 0.15) is 11.8 Å². The zero-order valence-electron chi connectivity index (χ0n) is 19.5. The van der Waals surface area contributed by atoms with E-state index in [9.17, 15) is 4.79 Å². The van der Waals surface area contributed by atoms with Gasteiger partial charge >= 0.3 is 0 Å². The summed E-state index contributed by atoms with van der Waals surface area (Å²) in [5, 5.41) is 0. The molecule has 2 aromatic heterocycles. The number of imidazole rings is 1. The number of hydrogen-bond donors (Lipinski definition) is 0. The fourth-order valence-electron chi connectivity index (χ4n) is 5.01. The van der Waals surface area contributed by atoms with Crippen molar-refractivity contribution in [1.82, 2.24) is 14.5 Å². The first-order valence-electron chi connectivity index (χ1n) is 11.9. The molecule has 0 radical (unpaired) electrons. The van der Waals surface area contributed by atoms with Gasteiger partial charge in [-0.05, 0) is 28.8 Å². The van der Waals surface area contributed by atoms with Crippen LogP contribution in [-0.4, -0.2) is 20.8 Å². The second-order valence-corrected chi connectivity index (χ2v) is 8.70. The Morgan fingerprint density at radius 3 is 1.64 bits per heavy atom. The minimum Gasteiger partial charge on any atom is -0.310 e. The van der Waals surface area contributed by atoms with Crippen LogP contribution in [0.1, 0.15) is 27.0 Å². The second-order valence-electron chi connectivity index (χ2n) is 8.70. The zero-order valence-corrected chi connectivity index (χ0v) is 19.5. The summed E-state index contributed by atoms with van der Waals surface area (Å²) in [7, 11) is 0. The first kappa shape index (κ1) is 21.7. The van der Waals surface area contributed by atoms with Crippen molar-refractivity contribution in [1.29, 1.82) is 0 Å². The van der Waals surface area contributed by atoms with Gasteiger partial charge in [0.05, 0.1) is 17.5 Å². The van der Waals surface area contributed by atoms with Crippen LogP contribution in [0.2, 0.25) is 0 Å². The topological polar surface area (TPSA) is 47.8 Å². The van der Waals surface area contributed by atoms with E-state index in [-0.39, 0.29) is 0 Å². The van der Waals surface area contributed by atoms with Gasteiger partial charge in [0.2, 0.25) is 0 Å². The van der Waals surface area contributed by atoms with Crippen LogP contribution in [0.15, 0.2) is 134 Å². The molecule has 0 amide bonds. The van der Waals surface area contributed by atoms with Gasteiger partial charge in [0.15, 0.2) is 5.65 Å². The molecule has 2 heterocycles. The minimum atomic E-state index is -0.646. The number of aromatic nitrogens is 3. The normalized spacial score (nSPS) is 11.4. The number of fused-ring (bicyclic) bond motifs is 1. The summed E-state index contributed by atoms with van der Waals surface area (Å²) in [4.78, 5) is 20.7. The third kappa shape index (κ3) is 3.51. The van der Waals surface area contributed by atoms with Crippen molar-refractivity contribution in [2.45, 2.75) is 5.54 Å². The molecule has 4 heteroatoms. The summed E-state index contributed by atoms with van der Waals surface area (Å²) in [5.74, 6) is 0. The van der Waals surface area contributed by atoms with E-state index >= 15 is 0 Å². The van der Waals surface area contributed by atoms with Crippen LogP contribution >= 0.6 is 0 Å². The fourth-order valence-corrected chi connectivity index (χ4v) is 5.01. The Kier molecular flexibility index (Phi) is 5.47. The minimum absolute atomic E-state index is 0.641. The van der Waals surface area contributed by atoms with Crippen molar-refractivity contribution in [2.24, 2.45) is 0 Å². The van der Waals surface area contributed by atoms with Crippen molar-refractivity contribution in [3.8, 4) is 11.3 Å². The molecular weight excluding hydrogens is 442 g/mol. The predicted octanol–water partition coefficient (Wildman–Crippen LogP) is 6.75. The first-order chi connectivity index (χ1) is 17.8. The average Bonchev–Trinajstić information content (AvgIpc) is 3.39. The van der Waals surface area contributed by atoms with Crippen LogP contribution in [-0.2, 0) is 5.54 Å². The monoisotopic (exact) mass is 465 g/mol. The van der Waals surface area contributed by atoms with E-state index in [0.717, 1.165) is 39.8 Å². The van der Waals surface area contributed by atoms with Gasteiger partial charge in [0.25, 0.3) is 0 Å². The Bertz CT molecular complexity index is 1530. The molecule has 0 bridgehead atoms. The lowest BCUT2D eigenvalue weighted by atomic mass is 9.76. The Morgan fingerprint density at radius 2 is 1.14 bits per heavy atom. The molecule has 36 heavy (non-hydrogen) atoms. The average molecular weight is 466 g/mol. The highest BCUT2D eigenvalue weighted by molar-refractivity contribution is 5.79. The largest absolute Gasteiger partial charge is 0.310 e. The maximum Gasteiger partial charge on any atom is 0.178 e. The Morgan fingerprint density at radius 1 is 0.611 bits per heavy atom. The third-order valence-corrected chi connectivity index (χ3v) is 6.69. The molecule has 4 nitrogen and oxygen atoms in total. The predicted molar refractivity (Wildman–Crippen MR) is 143 cm³/mol. The molecule has 172 valence electrons. The van der Waals surface area contributed by atoms with Gasteiger partial charge in [-0.15, -0.1) is 0 Å². The van der Waals surface area contributed by atoms with Crippen molar-refractivity contribution >= 4 is 17.5 Å². The van der Waals surface area contributed by atoms with Crippen molar-refractivity contribution in [3.05, 3.63) is 156 Å².